The minimum Gasteiger partial charge on any atom is -0.399 e. The first kappa shape index (κ1) is 14.5. The van der Waals surface area contributed by atoms with Crippen LogP contribution in [0.4, 0.5) is 11.4 Å². The number of carbonyl (C=O) groups is 1. The highest BCUT2D eigenvalue weighted by Crippen LogP contribution is 2.12. The number of nitrogen functional groups attached to an aromatic ring is 1. The molecule has 0 aliphatic carbocycles. The molecule has 0 radical (unpaired) electrons. The average Bonchev–Trinajstić information content (AvgIpc) is 2.39. The van der Waals surface area contributed by atoms with E-state index in [9.17, 15) is 4.79 Å². The predicted molar refractivity (Wildman–Crippen MR) is 76.2 cm³/mol. The summed E-state index contributed by atoms with van der Waals surface area (Å²) in [6.07, 6.45) is 0. The lowest BCUT2D eigenvalue weighted by molar-refractivity contribution is -0.915. The van der Waals surface area contributed by atoms with E-state index in [0.717, 1.165) is 29.8 Å². The SMILES string of the molecule is CC[N+](CC)(CC)CC(=O)Nc1ccc(N)cc1. The summed E-state index contributed by atoms with van der Waals surface area (Å²) in [7, 11) is 0. The van der Waals surface area contributed by atoms with Crippen LogP contribution in [0, 0.1) is 0 Å². The Morgan fingerprint density at radius 2 is 1.61 bits per heavy atom. The van der Waals surface area contributed by atoms with Gasteiger partial charge in [0.1, 0.15) is 0 Å². The highest BCUT2D eigenvalue weighted by Gasteiger charge is 2.24. The van der Waals surface area contributed by atoms with Gasteiger partial charge < -0.3 is 15.5 Å². The van der Waals surface area contributed by atoms with Gasteiger partial charge in [0, 0.05) is 11.4 Å². The number of nitrogens with two attached hydrogens (primary N) is 1. The van der Waals surface area contributed by atoms with Gasteiger partial charge in [-0.2, -0.15) is 0 Å². The van der Waals surface area contributed by atoms with Gasteiger partial charge in [-0.25, -0.2) is 0 Å². The minimum absolute atomic E-state index is 0.0605. The summed E-state index contributed by atoms with van der Waals surface area (Å²) in [4.78, 5) is 12.0. The number of benzene rings is 1. The molecular weight excluding hydrogens is 226 g/mol. The Labute approximate surface area is 109 Å². The Bertz CT molecular complexity index is 374. The van der Waals surface area contributed by atoms with Crippen LogP contribution in [-0.4, -0.2) is 36.6 Å². The van der Waals surface area contributed by atoms with Gasteiger partial charge in [-0.1, -0.05) is 0 Å². The second-order valence-corrected chi connectivity index (χ2v) is 4.62. The Balaban J connectivity index is 2.63. The van der Waals surface area contributed by atoms with Crippen LogP contribution in [0.1, 0.15) is 20.8 Å². The van der Waals surface area contributed by atoms with E-state index in [1.165, 1.54) is 0 Å². The Morgan fingerprint density at radius 3 is 2.06 bits per heavy atom. The molecule has 0 aliphatic rings. The zero-order chi connectivity index (χ0) is 13.6. The first-order chi connectivity index (χ1) is 8.55. The molecule has 18 heavy (non-hydrogen) atoms. The molecule has 1 aromatic carbocycles. The first-order valence-corrected chi connectivity index (χ1v) is 6.55. The third-order valence-electron chi connectivity index (χ3n) is 3.69. The molecule has 3 N–H and O–H groups in total. The van der Waals surface area contributed by atoms with E-state index < -0.39 is 0 Å². The van der Waals surface area contributed by atoms with Crippen molar-refractivity contribution in [1.82, 2.24) is 0 Å². The highest BCUT2D eigenvalue weighted by molar-refractivity contribution is 5.91. The van der Waals surface area contributed by atoms with Crippen molar-refractivity contribution in [2.45, 2.75) is 20.8 Å². The van der Waals surface area contributed by atoms with Crippen molar-refractivity contribution in [3.63, 3.8) is 0 Å². The van der Waals surface area contributed by atoms with E-state index in [1.807, 2.05) is 12.1 Å². The number of hydrogen-bond donors (Lipinski definition) is 2. The second-order valence-electron chi connectivity index (χ2n) is 4.62. The van der Waals surface area contributed by atoms with Crippen molar-refractivity contribution in [3.05, 3.63) is 24.3 Å². The molecule has 0 spiro atoms. The van der Waals surface area contributed by atoms with Crippen LogP contribution in [0.5, 0.6) is 0 Å². The van der Waals surface area contributed by atoms with E-state index in [1.54, 1.807) is 12.1 Å². The van der Waals surface area contributed by atoms with Gasteiger partial charge >= 0.3 is 0 Å². The monoisotopic (exact) mass is 250 g/mol. The van der Waals surface area contributed by atoms with Crippen molar-refractivity contribution in [1.29, 1.82) is 0 Å². The highest BCUT2D eigenvalue weighted by atomic mass is 16.2. The van der Waals surface area contributed by atoms with Crippen molar-refractivity contribution in [2.24, 2.45) is 0 Å². The van der Waals surface area contributed by atoms with Gasteiger partial charge in [-0.05, 0) is 45.0 Å². The summed E-state index contributed by atoms with van der Waals surface area (Å²) in [5, 5.41) is 2.92. The summed E-state index contributed by atoms with van der Waals surface area (Å²) < 4.78 is 0.820. The normalized spacial score (nSPS) is 11.3. The Kier molecular flexibility index (Phi) is 5.16. The number of quaternary nitrogens is 1. The molecule has 0 fully saturated rings. The molecule has 1 aromatic rings. The molecule has 0 unspecified atom stereocenters. The maximum absolute atomic E-state index is 12.0. The molecule has 4 nitrogen and oxygen atoms in total. The quantitative estimate of drug-likeness (QED) is 0.600. The molecule has 0 aromatic heterocycles. The fourth-order valence-electron chi connectivity index (χ4n) is 2.08. The largest absolute Gasteiger partial charge is 0.399 e. The number of hydrogen-bond acceptors (Lipinski definition) is 2. The molecule has 1 amide bonds. The molecule has 0 bridgehead atoms. The number of nitrogens with zero attached hydrogens (tertiary/aromatic N) is 1. The summed E-state index contributed by atoms with van der Waals surface area (Å²) in [6, 6.07) is 7.23. The lowest BCUT2D eigenvalue weighted by Gasteiger charge is -2.34. The van der Waals surface area contributed by atoms with Gasteiger partial charge in [0.05, 0.1) is 19.6 Å². The van der Waals surface area contributed by atoms with E-state index in [-0.39, 0.29) is 5.91 Å². The number of amides is 1. The lowest BCUT2D eigenvalue weighted by atomic mass is 10.2. The van der Waals surface area contributed by atoms with Crippen LogP contribution in [-0.2, 0) is 4.79 Å². The van der Waals surface area contributed by atoms with Gasteiger partial charge in [0.15, 0.2) is 6.54 Å². The summed E-state index contributed by atoms with van der Waals surface area (Å²) >= 11 is 0. The summed E-state index contributed by atoms with van der Waals surface area (Å²) in [5.74, 6) is 0.0605. The predicted octanol–water partition coefficient (Wildman–Crippen LogP) is 2.08. The lowest BCUT2D eigenvalue weighted by Crippen LogP contribution is -2.51. The molecule has 0 saturated heterocycles. The van der Waals surface area contributed by atoms with Crippen molar-refractivity contribution in [2.75, 3.05) is 37.2 Å². The Hall–Kier alpha value is -1.55. The fraction of sp³-hybridized carbons (Fsp3) is 0.500. The van der Waals surface area contributed by atoms with Gasteiger partial charge in [0.25, 0.3) is 5.91 Å². The van der Waals surface area contributed by atoms with E-state index >= 15 is 0 Å². The zero-order valence-electron chi connectivity index (χ0n) is 11.6. The van der Waals surface area contributed by atoms with Crippen molar-refractivity contribution >= 4 is 17.3 Å². The molecule has 4 heteroatoms. The second kappa shape index (κ2) is 6.40. The van der Waals surface area contributed by atoms with Crippen LogP contribution >= 0.6 is 0 Å². The van der Waals surface area contributed by atoms with E-state index in [4.69, 9.17) is 5.73 Å². The fourth-order valence-corrected chi connectivity index (χ4v) is 2.08. The molecule has 0 saturated carbocycles. The van der Waals surface area contributed by atoms with Gasteiger partial charge in [-0.3, -0.25) is 4.79 Å². The van der Waals surface area contributed by atoms with E-state index in [0.29, 0.717) is 12.2 Å². The van der Waals surface area contributed by atoms with Crippen LogP contribution in [0.15, 0.2) is 24.3 Å². The van der Waals surface area contributed by atoms with Gasteiger partial charge in [-0.15, -0.1) is 0 Å². The third-order valence-corrected chi connectivity index (χ3v) is 3.69. The number of likely N-dealkylation sites (N-methyl/N-ethyl adjacent to an activating group) is 1. The average molecular weight is 250 g/mol. The first-order valence-electron chi connectivity index (χ1n) is 6.55. The number of rotatable bonds is 6. The molecule has 0 aliphatic heterocycles. The maximum Gasteiger partial charge on any atom is 0.279 e. The Morgan fingerprint density at radius 1 is 1.11 bits per heavy atom. The molecule has 0 atom stereocenters. The van der Waals surface area contributed by atoms with Crippen LogP contribution < -0.4 is 11.1 Å². The van der Waals surface area contributed by atoms with Crippen LogP contribution in [0.2, 0.25) is 0 Å². The van der Waals surface area contributed by atoms with Crippen molar-refractivity contribution < 1.29 is 9.28 Å². The van der Waals surface area contributed by atoms with Crippen molar-refractivity contribution in [3.8, 4) is 0 Å². The van der Waals surface area contributed by atoms with Crippen LogP contribution in [0.3, 0.4) is 0 Å². The molecular formula is C14H24N3O+. The third kappa shape index (κ3) is 3.74. The number of nitrogens with one attached hydrogen (secondary N) is 1. The topological polar surface area (TPSA) is 55.1 Å². The number of carbonyl (C=O) groups excluding carboxylic acids is 1. The number of anilines is 2. The van der Waals surface area contributed by atoms with Gasteiger partial charge in [0.2, 0.25) is 0 Å². The smallest absolute Gasteiger partial charge is 0.279 e. The molecule has 100 valence electrons. The molecule has 0 heterocycles. The zero-order valence-corrected chi connectivity index (χ0v) is 11.6. The standard InChI is InChI=1S/C14H23N3O/c1-4-17(5-2,6-3)11-14(18)16-13-9-7-12(15)8-10-13/h7-10H,4-6,11,15H2,1-3H3/p+1. The van der Waals surface area contributed by atoms with Crippen LogP contribution in [0.25, 0.3) is 0 Å². The minimum atomic E-state index is 0.0605. The summed E-state index contributed by atoms with van der Waals surface area (Å²) in [6.45, 7) is 9.83. The summed E-state index contributed by atoms with van der Waals surface area (Å²) in [5.41, 5.74) is 7.11. The molecule has 1 rings (SSSR count). The van der Waals surface area contributed by atoms with E-state index in [2.05, 4.69) is 26.1 Å². The maximum atomic E-state index is 12.0.